The largest absolute Gasteiger partial charge is 0.394 e. The average Bonchev–Trinajstić information content (AvgIpc) is 3.03. The summed E-state index contributed by atoms with van der Waals surface area (Å²) in [6.45, 7) is 4.12. The Hall–Kier alpha value is -1.95. The molecule has 0 aliphatic carbocycles. The molecule has 0 fully saturated rings. The Morgan fingerprint density at radius 3 is 1.60 bits per heavy atom. The van der Waals surface area contributed by atoms with Gasteiger partial charge in [0.1, 0.15) is 0 Å². The first kappa shape index (κ1) is 43.0. The molecular weight excluding hydrogens is 558 g/mol. The first-order chi connectivity index (χ1) is 22.0. The molecule has 5 heteroatoms. The molecule has 0 rings (SSSR count). The Balaban J connectivity index is 3.86. The van der Waals surface area contributed by atoms with Gasteiger partial charge in [0.25, 0.3) is 0 Å². The van der Waals surface area contributed by atoms with E-state index < -0.39 is 18.2 Å². The Morgan fingerprint density at radius 2 is 1.02 bits per heavy atom. The van der Waals surface area contributed by atoms with E-state index in [1.165, 1.54) is 77.0 Å². The maximum Gasteiger partial charge on any atom is 0.222 e. The van der Waals surface area contributed by atoms with Crippen LogP contribution in [0, 0.1) is 0 Å². The molecule has 0 saturated carbocycles. The zero-order chi connectivity index (χ0) is 33.1. The first-order valence-electron chi connectivity index (χ1n) is 18.6. The van der Waals surface area contributed by atoms with Gasteiger partial charge in [-0.2, -0.15) is 0 Å². The fourth-order valence-corrected chi connectivity index (χ4v) is 5.10. The summed E-state index contributed by atoms with van der Waals surface area (Å²) >= 11 is 0. The second kappa shape index (κ2) is 34.9. The van der Waals surface area contributed by atoms with Crippen LogP contribution in [-0.4, -0.2) is 46.1 Å². The maximum atomic E-state index is 12.4. The van der Waals surface area contributed by atoms with Crippen molar-refractivity contribution in [1.29, 1.82) is 0 Å². The van der Waals surface area contributed by atoms with E-state index in [9.17, 15) is 20.1 Å². The van der Waals surface area contributed by atoms with Gasteiger partial charge in [-0.25, -0.2) is 0 Å². The summed E-state index contributed by atoms with van der Waals surface area (Å²) in [5.74, 6) is -0.343. The number of amides is 1. The van der Waals surface area contributed by atoms with E-state index in [0.29, 0.717) is 6.42 Å². The fraction of sp³-hybridized carbons (Fsp3) is 0.725. The molecule has 3 atom stereocenters. The number of aliphatic hydroxyl groups is 3. The first-order valence-corrected chi connectivity index (χ1v) is 18.6. The molecule has 1 amide bonds. The number of hydrogen-bond acceptors (Lipinski definition) is 4. The molecular formula is C40H71NO4. The molecule has 260 valence electrons. The lowest BCUT2D eigenvalue weighted by atomic mass is 10.0. The van der Waals surface area contributed by atoms with Crippen LogP contribution in [0.25, 0.3) is 0 Å². The summed E-state index contributed by atoms with van der Waals surface area (Å²) in [6.07, 6.45) is 44.8. The van der Waals surface area contributed by atoms with Crippen LogP contribution in [-0.2, 0) is 4.79 Å². The molecule has 4 N–H and O–H groups in total. The van der Waals surface area contributed by atoms with Gasteiger partial charge in [-0.15, -0.1) is 0 Å². The summed E-state index contributed by atoms with van der Waals surface area (Å²) in [4.78, 5) is 12.4. The molecule has 3 unspecified atom stereocenters. The van der Waals surface area contributed by atoms with Gasteiger partial charge >= 0.3 is 0 Å². The topological polar surface area (TPSA) is 89.8 Å². The maximum absolute atomic E-state index is 12.4. The van der Waals surface area contributed by atoms with Gasteiger partial charge < -0.3 is 20.6 Å². The lowest BCUT2D eigenvalue weighted by Gasteiger charge is -2.20. The number of rotatable bonds is 32. The minimum Gasteiger partial charge on any atom is -0.394 e. The number of nitrogens with one attached hydrogen (secondary N) is 1. The van der Waals surface area contributed by atoms with Crippen LogP contribution in [0.1, 0.15) is 162 Å². The van der Waals surface area contributed by atoms with Gasteiger partial charge in [0.2, 0.25) is 5.91 Å². The number of hydrogen-bond donors (Lipinski definition) is 4. The zero-order valence-electron chi connectivity index (χ0n) is 29.2. The van der Waals surface area contributed by atoms with Crippen LogP contribution in [0.15, 0.2) is 60.8 Å². The van der Waals surface area contributed by atoms with Crippen LogP contribution in [0.5, 0.6) is 0 Å². The second-order valence-electron chi connectivity index (χ2n) is 12.5. The van der Waals surface area contributed by atoms with Crippen LogP contribution < -0.4 is 5.32 Å². The summed E-state index contributed by atoms with van der Waals surface area (Å²) in [6, 6.07) is -0.772. The Bertz CT molecular complexity index is 785. The standard InChI is InChI=1S/C40H71NO4/c1-3-5-7-9-11-13-15-17-19-21-23-25-27-29-31-33-37(43)35-40(45)41-38(36-42)39(44)34-32-30-28-26-24-22-20-18-16-14-12-10-8-6-4-2/h11,13,16-19,24,26,32,34,37-39,42-44H,3-10,12,14-15,20-23,25,27-31,33,35-36H2,1-2H3,(H,41,45)/b13-11-,18-16+,19-17-,26-24+,34-32+. The van der Waals surface area contributed by atoms with Crippen molar-refractivity contribution in [2.75, 3.05) is 6.61 Å². The minimum atomic E-state index is -0.964. The van der Waals surface area contributed by atoms with Crippen molar-refractivity contribution in [2.24, 2.45) is 0 Å². The van der Waals surface area contributed by atoms with Crippen molar-refractivity contribution >= 4 is 5.91 Å². The van der Waals surface area contributed by atoms with Crippen molar-refractivity contribution in [3.8, 4) is 0 Å². The summed E-state index contributed by atoms with van der Waals surface area (Å²) in [7, 11) is 0. The Labute approximate surface area is 278 Å². The van der Waals surface area contributed by atoms with Crippen LogP contribution in [0.4, 0.5) is 0 Å². The van der Waals surface area contributed by atoms with Crippen molar-refractivity contribution in [2.45, 2.75) is 180 Å². The molecule has 0 saturated heterocycles. The molecule has 0 aliphatic rings. The van der Waals surface area contributed by atoms with E-state index in [1.807, 2.05) is 6.08 Å². The zero-order valence-corrected chi connectivity index (χ0v) is 29.2. The quantitative estimate of drug-likeness (QED) is 0.0440. The molecule has 0 heterocycles. The molecule has 5 nitrogen and oxygen atoms in total. The second-order valence-corrected chi connectivity index (χ2v) is 12.5. The Morgan fingerprint density at radius 1 is 0.578 bits per heavy atom. The Kier molecular flexibility index (Phi) is 33.4. The van der Waals surface area contributed by atoms with Gasteiger partial charge in [0.15, 0.2) is 0 Å². The number of unbranched alkanes of at least 4 members (excludes halogenated alkanes) is 15. The molecule has 0 aromatic carbocycles. The van der Waals surface area contributed by atoms with Crippen molar-refractivity contribution in [1.82, 2.24) is 5.32 Å². The predicted molar refractivity (Wildman–Crippen MR) is 194 cm³/mol. The lowest BCUT2D eigenvalue weighted by molar-refractivity contribution is -0.124. The van der Waals surface area contributed by atoms with Crippen LogP contribution >= 0.6 is 0 Å². The predicted octanol–water partition coefficient (Wildman–Crippen LogP) is 9.98. The molecule has 0 aromatic rings. The van der Waals surface area contributed by atoms with E-state index in [0.717, 1.165) is 57.8 Å². The fourth-order valence-electron chi connectivity index (χ4n) is 5.10. The van der Waals surface area contributed by atoms with Crippen molar-refractivity contribution in [3.05, 3.63) is 60.8 Å². The highest BCUT2D eigenvalue weighted by molar-refractivity contribution is 5.76. The summed E-state index contributed by atoms with van der Waals surface area (Å²) < 4.78 is 0. The lowest BCUT2D eigenvalue weighted by Crippen LogP contribution is -2.45. The van der Waals surface area contributed by atoms with Gasteiger partial charge in [-0.3, -0.25) is 4.79 Å². The van der Waals surface area contributed by atoms with Gasteiger partial charge in [-0.05, 0) is 77.0 Å². The molecule has 0 spiro atoms. The molecule has 45 heavy (non-hydrogen) atoms. The van der Waals surface area contributed by atoms with E-state index in [-0.39, 0.29) is 18.9 Å². The highest BCUT2D eigenvalue weighted by atomic mass is 16.3. The third-order valence-corrected chi connectivity index (χ3v) is 8.01. The van der Waals surface area contributed by atoms with E-state index in [4.69, 9.17) is 0 Å². The van der Waals surface area contributed by atoms with Crippen molar-refractivity contribution < 1.29 is 20.1 Å². The van der Waals surface area contributed by atoms with Gasteiger partial charge in [-0.1, -0.05) is 139 Å². The molecule has 0 aromatic heterocycles. The molecule has 0 bridgehead atoms. The van der Waals surface area contributed by atoms with Gasteiger partial charge in [0.05, 0.1) is 31.3 Å². The minimum absolute atomic E-state index is 0.0102. The third-order valence-electron chi connectivity index (χ3n) is 8.01. The van der Waals surface area contributed by atoms with E-state index >= 15 is 0 Å². The van der Waals surface area contributed by atoms with Gasteiger partial charge in [0, 0.05) is 0 Å². The highest BCUT2D eigenvalue weighted by Gasteiger charge is 2.20. The van der Waals surface area contributed by atoms with Crippen LogP contribution in [0.3, 0.4) is 0 Å². The normalized spacial score (nSPS) is 14.5. The third kappa shape index (κ3) is 31.8. The number of carbonyl (C=O) groups is 1. The summed E-state index contributed by atoms with van der Waals surface area (Å²) in [5.41, 5.74) is 0. The number of aliphatic hydroxyl groups excluding tert-OH is 3. The van der Waals surface area contributed by atoms with E-state index in [1.54, 1.807) is 6.08 Å². The molecule has 0 aliphatic heterocycles. The number of allylic oxidation sites excluding steroid dienone is 9. The highest BCUT2D eigenvalue weighted by Crippen LogP contribution is 2.12. The SMILES string of the molecule is CCCCC/C=C\C/C=C\CCCCCCCC(O)CC(=O)NC(CO)C(O)/C=C/CC/C=C/CC/C=C/CCCCCCC. The van der Waals surface area contributed by atoms with E-state index in [2.05, 4.69) is 67.8 Å². The van der Waals surface area contributed by atoms with Crippen molar-refractivity contribution in [3.63, 3.8) is 0 Å². The average molecular weight is 630 g/mol. The summed E-state index contributed by atoms with van der Waals surface area (Å²) in [5, 5.41) is 33.0. The molecule has 0 radical (unpaired) electrons. The monoisotopic (exact) mass is 630 g/mol. The van der Waals surface area contributed by atoms with Crippen LogP contribution in [0.2, 0.25) is 0 Å². The number of carbonyl (C=O) groups excluding carboxylic acids is 1. The smallest absolute Gasteiger partial charge is 0.222 e.